The highest BCUT2D eigenvalue weighted by atomic mass is 16.6. The van der Waals surface area contributed by atoms with Crippen LogP contribution in [0.2, 0.25) is 0 Å². The fraction of sp³-hybridized carbons (Fsp3) is 0.714. The number of nitrogens with one attached hydrogen (secondary N) is 2. The van der Waals surface area contributed by atoms with Gasteiger partial charge in [-0.3, -0.25) is 0 Å². The van der Waals surface area contributed by atoms with Gasteiger partial charge in [0, 0.05) is 26.8 Å². The molecule has 0 bridgehead atoms. The van der Waals surface area contributed by atoms with Gasteiger partial charge in [-0.25, -0.2) is 14.2 Å². The Morgan fingerprint density at radius 2 is 1.70 bits per heavy atom. The molecule has 0 radical (unpaired) electrons. The minimum Gasteiger partial charge on any atom is -0.444 e. The predicted octanol–water partition coefficient (Wildman–Crippen LogP) is 3.94. The molecule has 0 saturated carbocycles. The van der Waals surface area contributed by atoms with Gasteiger partial charge in [-0.2, -0.15) is 0 Å². The van der Waals surface area contributed by atoms with Crippen LogP contribution >= 0.6 is 0 Å². The van der Waals surface area contributed by atoms with Crippen LogP contribution in [0.4, 0.5) is 21.1 Å². The van der Waals surface area contributed by atoms with Gasteiger partial charge in [0.25, 0.3) is 0 Å². The standard InChI is InChI=1S/C21H38N4O5/c1-14-13-25(19(27)30-21(6,7)8)17(16(14)22-9)24(10)15(2)28-12-11-23-18(26)29-20(3,4)5/h13,15,22H,11-12H2,1-10H3,(H,23,26). The Bertz CT molecular complexity index is 731. The quantitative estimate of drug-likeness (QED) is 0.504. The minimum absolute atomic E-state index is 0.283. The van der Waals surface area contributed by atoms with Crippen LogP contribution in [0.15, 0.2) is 6.20 Å². The van der Waals surface area contributed by atoms with Crippen LogP contribution < -0.4 is 15.5 Å². The van der Waals surface area contributed by atoms with Gasteiger partial charge in [-0.1, -0.05) is 0 Å². The number of carbonyl (C=O) groups excluding carboxylic acids is 2. The highest BCUT2D eigenvalue weighted by Gasteiger charge is 2.27. The van der Waals surface area contributed by atoms with Crippen molar-refractivity contribution >= 4 is 23.7 Å². The van der Waals surface area contributed by atoms with Gasteiger partial charge in [0.05, 0.1) is 12.3 Å². The zero-order valence-electron chi connectivity index (χ0n) is 20.0. The molecule has 0 fully saturated rings. The smallest absolute Gasteiger partial charge is 0.420 e. The third-order valence-corrected chi connectivity index (χ3v) is 4.02. The normalized spacial score (nSPS) is 12.9. The van der Waals surface area contributed by atoms with E-state index in [9.17, 15) is 9.59 Å². The van der Waals surface area contributed by atoms with E-state index < -0.39 is 23.4 Å². The Balaban J connectivity index is 2.82. The van der Waals surface area contributed by atoms with Crippen LogP contribution in [-0.4, -0.2) is 61.4 Å². The zero-order valence-corrected chi connectivity index (χ0v) is 20.0. The average molecular weight is 427 g/mol. The first-order chi connectivity index (χ1) is 13.7. The second-order valence-electron chi connectivity index (χ2n) is 9.12. The summed E-state index contributed by atoms with van der Waals surface area (Å²) in [6.07, 6.45) is 0.419. The molecule has 1 rings (SSSR count). The van der Waals surface area contributed by atoms with Crippen molar-refractivity contribution in [1.82, 2.24) is 9.88 Å². The van der Waals surface area contributed by atoms with E-state index in [-0.39, 0.29) is 12.8 Å². The van der Waals surface area contributed by atoms with Crippen LogP contribution in [0.25, 0.3) is 0 Å². The molecule has 1 aromatic heterocycles. The van der Waals surface area contributed by atoms with Gasteiger partial charge >= 0.3 is 12.2 Å². The van der Waals surface area contributed by atoms with Crippen LogP contribution in [0.3, 0.4) is 0 Å². The molecule has 0 aliphatic rings. The second kappa shape index (κ2) is 10.1. The second-order valence-corrected chi connectivity index (χ2v) is 9.12. The largest absolute Gasteiger partial charge is 0.444 e. The fourth-order valence-electron chi connectivity index (χ4n) is 2.70. The van der Waals surface area contributed by atoms with Gasteiger partial charge in [-0.15, -0.1) is 0 Å². The Morgan fingerprint density at radius 1 is 1.13 bits per heavy atom. The van der Waals surface area contributed by atoms with E-state index in [0.717, 1.165) is 11.3 Å². The van der Waals surface area contributed by atoms with E-state index in [1.165, 1.54) is 4.57 Å². The summed E-state index contributed by atoms with van der Waals surface area (Å²) in [6.45, 7) is 15.3. The number of hydrogen-bond donors (Lipinski definition) is 2. The molecular formula is C21H38N4O5. The molecule has 1 aromatic rings. The lowest BCUT2D eigenvalue weighted by molar-refractivity contribution is 0.0424. The first-order valence-electron chi connectivity index (χ1n) is 10.1. The summed E-state index contributed by atoms with van der Waals surface area (Å²) in [7, 11) is 3.64. The number of aromatic nitrogens is 1. The fourth-order valence-corrected chi connectivity index (χ4v) is 2.70. The van der Waals surface area contributed by atoms with Crippen molar-refractivity contribution in [1.29, 1.82) is 0 Å². The molecule has 9 heteroatoms. The number of nitrogens with zero attached hydrogens (tertiary/aromatic N) is 2. The van der Waals surface area contributed by atoms with Crippen LogP contribution in [0.5, 0.6) is 0 Å². The Morgan fingerprint density at radius 3 is 2.20 bits per heavy atom. The molecule has 2 N–H and O–H groups in total. The van der Waals surface area contributed by atoms with Crippen molar-refractivity contribution in [3.8, 4) is 0 Å². The van der Waals surface area contributed by atoms with Crippen molar-refractivity contribution in [3.05, 3.63) is 11.8 Å². The molecule has 30 heavy (non-hydrogen) atoms. The van der Waals surface area contributed by atoms with Crippen molar-refractivity contribution in [3.63, 3.8) is 0 Å². The van der Waals surface area contributed by atoms with E-state index in [2.05, 4.69) is 10.6 Å². The number of hydrogen-bond acceptors (Lipinski definition) is 7. The highest BCUT2D eigenvalue weighted by molar-refractivity contribution is 5.84. The number of anilines is 2. The van der Waals surface area contributed by atoms with Crippen LogP contribution in [-0.2, 0) is 14.2 Å². The lowest BCUT2D eigenvalue weighted by Gasteiger charge is -2.29. The maximum absolute atomic E-state index is 12.7. The summed E-state index contributed by atoms with van der Waals surface area (Å²) in [5, 5.41) is 5.80. The Labute approximate surface area is 180 Å². The van der Waals surface area contributed by atoms with E-state index in [1.807, 2.05) is 46.6 Å². The summed E-state index contributed by atoms with van der Waals surface area (Å²) in [6, 6.07) is 0. The number of amides is 1. The summed E-state index contributed by atoms with van der Waals surface area (Å²) >= 11 is 0. The number of rotatable bonds is 7. The van der Waals surface area contributed by atoms with E-state index in [4.69, 9.17) is 14.2 Å². The van der Waals surface area contributed by atoms with Gasteiger partial charge in [0.15, 0.2) is 0 Å². The van der Waals surface area contributed by atoms with Gasteiger partial charge < -0.3 is 29.7 Å². The molecule has 9 nitrogen and oxygen atoms in total. The molecule has 0 aliphatic heterocycles. The molecule has 0 aliphatic carbocycles. The van der Waals surface area contributed by atoms with Crippen molar-refractivity contribution < 1.29 is 23.8 Å². The topological polar surface area (TPSA) is 94.1 Å². The number of ether oxygens (including phenoxy) is 3. The average Bonchev–Trinajstić information content (AvgIpc) is 2.91. The monoisotopic (exact) mass is 426 g/mol. The zero-order chi connectivity index (χ0) is 23.3. The molecular weight excluding hydrogens is 388 g/mol. The molecule has 0 spiro atoms. The molecule has 1 heterocycles. The first-order valence-corrected chi connectivity index (χ1v) is 10.1. The lowest BCUT2D eigenvalue weighted by atomic mass is 10.2. The summed E-state index contributed by atoms with van der Waals surface area (Å²) in [5.41, 5.74) is 0.558. The van der Waals surface area contributed by atoms with E-state index in [1.54, 1.807) is 34.0 Å². The van der Waals surface area contributed by atoms with E-state index >= 15 is 0 Å². The number of carbonyl (C=O) groups is 2. The summed E-state index contributed by atoms with van der Waals surface area (Å²) in [5.74, 6) is 0.636. The SMILES string of the molecule is CNc1c(C)cn(C(=O)OC(C)(C)C)c1N(C)C(C)OCCNC(=O)OC(C)(C)C. The molecule has 1 atom stereocenters. The van der Waals surface area contributed by atoms with Gasteiger partial charge in [0.2, 0.25) is 0 Å². The molecule has 1 unspecified atom stereocenters. The Kier molecular flexibility index (Phi) is 8.59. The minimum atomic E-state index is -0.611. The third-order valence-electron chi connectivity index (χ3n) is 4.02. The molecule has 172 valence electrons. The van der Waals surface area contributed by atoms with Crippen molar-refractivity contribution in [2.45, 2.75) is 72.8 Å². The number of alkyl carbamates (subject to hydrolysis) is 1. The van der Waals surface area contributed by atoms with Gasteiger partial charge in [-0.05, 0) is 61.0 Å². The maximum atomic E-state index is 12.7. The summed E-state index contributed by atoms with van der Waals surface area (Å²) in [4.78, 5) is 26.3. The van der Waals surface area contributed by atoms with E-state index in [0.29, 0.717) is 12.4 Å². The summed E-state index contributed by atoms with van der Waals surface area (Å²) < 4.78 is 18.1. The molecule has 1 amide bonds. The third kappa shape index (κ3) is 7.78. The van der Waals surface area contributed by atoms with Crippen molar-refractivity contribution in [2.75, 3.05) is 37.5 Å². The molecule has 0 saturated heterocycles. The number of aryl methyl sites for hydroxylation is 1. The first kappa shape index (κ1) is 25.6. The van der Waals surface area contributed by atoms with Crippen LogP contribution in [0, 0.1) is 6.92 Å². The van der Waals surface area contributed by atoms with Crippen LogP contribution in [0.1, 0.15) is 54.0 Å². The predicted molar refractivity (Wildman–Crippen MR) is 118 cm³/mol. The Hall–Kier alpha value is -2.42. The maximum Gasteiger partial charge on any atom is 0.420 e. The van der Waals surface area contributed by atoms with Gasteiger partial charge in [0.1, 0.15) is 23.2 Å². The lowest BCUT2D eigenvalue weighted by Crippen LogP contribution is -2.38. The highest BCUT2D eigenvalue weighted by Crippen LogP contribution is 2.32. The molecule has 0 aromatic carbocycles. The van der Waals surface area contributed by atoms with Crippen molar-refractivity contribution in [2.24, 2.45) is 0 Å².